The topological polar surface area (TPSA) is 108 Å². The van der Waals surface area contributed by atoms with Gasteiger partial charge in [-0.05, 0) is 42.7 Å². The molecule has 0 saturated heterocycles. The van der Waals surface area contributed by atoms with E-state index in [0.717, 1.165) is 17.7 Å². The van der Waals surface area contributed by atoms with Crippen molar-refractivity contribution < 1.29 is 22.7 Å². The van der Waals surface area contributed by atoms with Crippen molar-refractivity contribution in [3.05, 3.63) is 54.1 Å². The number of hydrogen-bond donors (Lipinski definition) is 2. The van der Waals surface area contributed by atoms with Gasteiger partial charge in [0.25, 0.3) is 5.91 Å². The summed E-state index contributed by atoms with van der Waals surface area (Å²) in [6, 6.07) is 13.6. The number of rotatable bonds is 15. The number of unbranched alkanes of at least 4 members (excludes halogenated alkanes) is 5. The third-order valence-electron chi connectivity index (χ3n) is 4.93. The van der Waals surface area contributed by atoms with E-state index in [1.54, 1.807) is 24.3 Å². The molecule has 0 radical (unpaired) electrons. The van der Waals surface area contributed by atoms with Crippen LogP contribution in [0.3, 0.4) is 0 Å². The lowest BCUT2D eigenvalue weighted by Gasteiger charge is -2.10. The molecule has 32 heavy (non-hydrogen) atoms. The molecule has 0 aliphatic rings. The number of benzene rings is 2. The minimum atomic E-state index is -3.70. The summed E-state index contributed by atoms with van der Waals surface area (Å²) in [7, 11) is -3.70. The first-order valence-corrected chi connectivity index (χ1v) is 12.7. The molecule has 2 rings (SSSR count). The molecule has 0 unspecified atom stereocenters. The zero-order valence-corrected chi connectivity index (χ0v) is 19.5. The number of hydrogen-bond acceptors (Lipinski definition) is 5. The van der Waals surface area contributed by atoms with Gasteiger partial charge < -0.3 is 14.8 Å². The highest BCUT2D eigenvalue weighted by molar-refractivity contribution is 7.89. The van der Waals surface area contributed by atoms with Crippen molar-refractivity contribution in [2.24, 2.45) is 5.14 Å². The van der Waals surface area contributed by atoms with E-state index < -0.39 is 10.0 Å². The zero-order valence-electron chi connectivity index (χ0n) is 18.7. The Morgan fingerprint density at radius 2 is 1.59 bits per heavy atom. The van der Waals surface area contributed by atoms with Crippen molar-refractivity contribution in [2.75, 3.05) is 19.8 Å². The molecule has 0 atom stereocenters. The van der Waals surface area contributed by atoms with Gasteiger partial charge in [0, 0.05) is 12.6 Å². The Hall–Kier alpha value is -2.58. The maximum Gasteiger partial charge on any atom is 0.257 e. The minimum absolute atomic E-state index is 0.0665. The average molecular weight is 463 g/mol. The van der Waals surface area contributed by atoms with E-state index in [1.807, 2.05) is 12.1 Å². The third-order valence-corrected chi connectivity index (χ3v) is 5.86. The summed E-state index contributed by atoms with van der Waals surface area (Å²) in [6.45, 7) is 3.21. The molecule has 1 amide bonds. The first kappa shape index (κ1) is 25.7. The van der Waals surface area contributed by atoms with Crippen molar-refractivity contribution in [3.8, 4) is 11.5 Å². The van der Waals surface area contributed by atoms with Gasteiger partial charge in [-0.15, -0.1) is 0 Å². The molecule has 8 heteroatoms. The van der Waals surface area contributed by atoms with E-state index in [9.17, 15) is 13.2 Å². The lowest BCUT2D eigenvalue weighted by Crippen LogP contribution is -2.30. The fourth-order valence-electron chi connectivity index (χ4n) is 3.12. The van der Waals surface area contributed by atoms with Gasteiger partial charge in [-0.25, -0.2) is 13.6 Å². The highest BCUT2D eigenvalue weighted by Crippen LogP contribution is 2.20. The maximum absolute atomic E-state index is 12.0. The molecule has 0 fully saturated rings. The van der Waals surface area contributed by atoms with Crippen LogP contribution in [0.2, 0.25) is 0 Å². The summed E-state index contributed by atoms with van der Waals surface area (Å²) in [5.41, 5.74) is 0.897. The van der Waals surface area contributed by atoms with Crippen LogP contribution in [0.25, 0.3) is 0 Å². The predicted octanol–water partition coefficient (Wildman–Crippen LogP) is 3.81. The van der Waals surface area contributed by atoms with Crippen LogP contribution in [0.4, 0.5) is 0 Å². The summed E-state index contributed by atoms with van der Waals surface area (Å²) in [5, 5.41) is 7.87. The molecule has 7 nitrogen and oxygen atoms in total. The quantitative estimate of drug-likeness (QED) is 0.391. The second-order valence-corrected chi connectivity index (χ2v) is 9.23. The molecule has 0 heterocycles. The number of nitrogens with two attached hydrogens (primary N) is 1. The minimum Gasteiger partial charge on any atom is -0.493 e. The summed E-state index contributed by atoms with van der Waals surface area (Å²) < 4.78 is 33.9. The molecule has 0 aliphatic heterocycles. The average Bonchev–Trinajstić information content (AvgIpc) is 2.77. The monoisotopic (exact) mass is 462 g/mol. The molecule has 176 valence electrons. The van der Waals surface area contributed by atoms with Crippen LogP contribution in [0.15, 0.2) is 53.4 Å². The zero-order chi connectivity index (χ0) is 23.2. The summed E-state index contributed by atoms with van der Waals surface area (Å²) in [5.74, 6) is 1.09. The smallest absolute Gasteiger partial charge is 0.257 e. The van der Waals surface area contributed by atoms with Gasteiger partial charge >= 0.3 is 0 Å². The van der Waals surface area contributed by atoms with Gasteiger partial charge in [0.2, 0.25) is 10.0 Å². The summed E-state index contributed by atoms with van der Waals surface area (Å²) >= 11 is 0. The number of carbonyl (C=O) groups is 1. The lowest BCUT2D eigenvalue weighted by molar-refractivity contribution is -0.123. The Bertz CT molecular complexity index is 930. The molecule has 2 aromatic rings. The molecule has 0 spiro atoms. The SMILES string of the molecule is CCCCCCCCOc1cccc(OCC(=O)NCCc2ccc(S(N)(=O)=O)cc2)c1. The molecular formula is C24H34N2O5S. The predicted molar refractivity (Wildman–Crippen MR) is 125 cm³/mol. The number of primary sulfonamides is 1. The number of carbonyl (C=O) groups excluding carboxylic acids is 1. The first-order chi connectivity index (χ1) is 15.4. The normalized spacial score (nSPS) is 11.2. The molecule has 3 N–H and O–H groups in total. The largest absolute Gasteiger partial charge is 0.493 e. The van der Waals surface area contributed by atoms with Crippen LogP contribution in [0.1, 0.15) is 51.0 Å². The van der Waals surface area contributed by atoms with E-state index in [2.05, 4.69) is 12.2 Å². The second kappa shape index (κ2) is 13.8. The molecule has 0 aromatic heterocycles. The fraction of sp³-hybridized carbons (Fsp3) is 0.458. The van der Waals surface area contributed by atoms with Crippen LogP contribution in [-0.2, 0) is 21.2 Å². The highest BCUT2D eigenvalue weighted by Gasteiger charge is 2.07. The standard InChI is InChI=1S/C24H34N2O5S/c1-2-3-4-5-6-7-17-30-21-9-8-10-22(18-21)31-19-24(27)26-16-15-20-11-13-23(14-12-20)32(25,28)29/h8-14,18H,2-7,15-17,19H2,1H3,(H,26,27)(H2,25,28,29). The third kappa shape index (κ3) is 10.2. The highest BCUT2D eigenvalue weighted by atomic mass is 32.2. The van der Waals surface area contributed by atoms with Crippen molar-refractivity contribution in [1.29, 1.82) is 0 Å². The van der Waals surface area contributed by atoms with Gasteiger partial charge in [-0.1, -0.05) is 57.2 Å². The Labute approximate surface area is 191 Å². The van der Waals surface area contributed by atoms with Crippen LogP contribution >= 0.6 is 0 Å². The Balaban J connectivity index is 1.64. The van der Waals surface area contributed by atoms with Crippen molar-refractivity contribution in [1.82, 2.24) is 5.32 Å². The van der Waals surface area contributed by atoms with Crippen LogP contribution < -0.4 is 19.9 Å². The van der Waals surface area contributed by atoms with Gasteiger partial charge in [0.1, 0.15) is 11.5 Å². The number of amides is 1. The lowest BCUT2D eigenvalue weighted by atomic mass is 10.1. The molecule has 0 saturated carbocycles. The van der Waals surface area contributed by atoms with E-state index in [0.29, 0.717) is 25.3 Å². The van der Waals surface area contributed by atoms with Crippen LogP contribution in [0.5, 0.6) is 11.5 Å². The Kier molecular flexibility index (Phi) is 11.0. The van der Waals surface area contributed by atoms with E-state index in [4.69, 9.17) is 14.6 Å². The van der Waals surface area contributed by atoms with E-state index in [-0.39, 0.29) is 17.4 Å². The summed E-state index contributed by atoms with van der Waals surface area (Å²) in [4.78, 5) is 12.1. The first-order valence-electron chi connectivity index (χ1n) is 11.1. The Morgan fingerprint density at radius 1 is 0.938 bits per heavy atom. The van der Waals surface area contributed by atoms with Crippen molar-refractivity contribution >= 4 is 15.9 Å². The van der Waals surface area contributed by atoms with Crippen molar-refractivity contribution in [3.63, 3.8) is 0 Å². The van der Waals surface area contributed by atoms with Gasteiger partial charge in [-0.3, -0.25) is 4.79 Å². The number of nitrogens with one attached hydrogen (secondary N) is 1. The van der Waals surface area contributed by atoms with Crippen LogP contribution in [-0.4, -0.2) is 34.1 Å². The van der Waals surface area contributed by atoms with Gasteiger partial charge in [-0.2, -0.15) is 0 Å². The molecule has 0 bridgehead atoms. The van der Waals surface area contributed by atoms with Crippen molar-refractivity contribution in [2.45, 2.75) is 56.8 Å². The Morgan fingerprint density at radius 3 is 2.28 bits per heavy atom. The van der Waals surface area contributed by atoms with Crippen LogP contribution in [0, 0.1) is 0 Å². The fourth-order valence-corrected chi connectivity index (χ4v) is 3.63. The number of ether oxygens (including phenoxy) is 2. The molecule has 0 aliphatic carbocycles. The maximum atomic E-state index is 12.0. The molecular weight excluding hydrogens is 428 g/mol. The van der Waals surface area contributed by atoms with E-state index in [1.165, 1.54) is 44.2 Å². The second-order valence-electron chi connectivity index (χ2n) is 7.67. The number of sulfonamides is 1. The van der Waals surface area contributed by atoms with Gasteiger partial charge in [0.15, 0.2) is 6.61 Å². The van der Waals surface area contributed by atoms with E-state index >= 15 is 0 Å². The van der Waals surface area contributed by atoms with Gasteiger partial charge in [0.05, 0.1) is 11.5 Å². The molecule has 2 aromatic carbocycles. The summed E-state index contributed by atoms with van der Waals surface area (Å²) in [6.07, 6.45) is 7.84.